The number of nitrogens with two attached hydrogens (primary N) is 2. The van der Waals surface area contributed by atoms with Gasteiger partial charge in [0.25, 0.3) is 0 Å². The Kier molecular flexibility index (Phi) is 7.55. The van der Waals surface area contributed by atoms with Crippen LogP contribution in [0.5, 0.6) is 5.75 Å². The number of nitrogens with one attached hydrogen (secondary N) is 1. The first kappa shape index (κ1) is 17.2. The van der Waals surface area contributed by atoms with Crippen molar-refractivity contribution in [3.63, 3.8) is 0 Å². The molecule has 2 amide bonds. The molecule has 1 rings (SSSR count). The molecule has 0 bridgehead atoms. The maximum Gasteiger partial charge on any atom is 0.240 e. The minimum Gasteiger partial charge on any atom is -0.493 e. The van der Waals surface area contributed by atoms with Crippen molar-refractivity contribution in [2.45, 2.75) is 19.4 Å². The van der Waals surface area contributed by atoms with Gasteiger partial charge in [0.05, 0.1) is 19.1 Å². The van der Waals surface area contributed by atoms with Gasteiger partial charge in [-0.2, -0.15) is 0 Å². The molecular formula is C12H18ClN3O3. The number of carbonyl (C=O) groups excluding carboxylic acids is 2. The Balaban J connectivity index is 0.00000324. The van der Waals surface area contributed by atoms with Crippen molar-refractivity contribution in [3.8, 4) is 5.75 Å². The van der Waals surface area contributed by atoms with Crippen LogP contribution in [0.15, 0.2) is 24.3 Å². The second-order valence-electron chi connectivity index (χ2n) is 3.87. The fourth-order valence-electron chi connectivity index (χ4n) is 1.16. The Morgan fingerprint density at radius 2 is 1.89 bits per heavy atom. The Labute approximate surface area is 117 Å². The van der Waals surface area contributed by atoms with Crippen molar-refractivity contribution in [2.24, 2.45) is 11.5 Å². The van der Waals surface area contributed by atoms with Crippen molar-refractivity contribution in [3.05, 3.63) is 24.3 Å². The fourth-order valence-corrected chi connectivity index (χ4v) is 1.16. The van der Waals surface area contributed by atoms with Crippen molar-refractivity contribution < 1.29 is 14.3 Å². The quantitative estimate of drug-likeness (QED) is 0.714. The zero-order valence-electron chi connectivity index (χ0n) is 10.6. The third-order valence-electron chi connectivity index (χ3n) is 2.15. The third-order valence-corrected chi connectivity index (χ3v) is 2.15. The molecule has 0 aliphatic heterocycles. The summed E-state index contributed by atoms with van der Waals surface area (Å²) < 4.78 is 5.29. The molecule has 0 fully saturated rings. The normalized spacial score (nSPS) is 11.1. The van der Waals surface area contributed by atoms with E-state index >= 15 is 0 Å². The maximum absolute atomic E-state index is 11.3. The summed E-state index contributed by atoms with van der Waals surface area (Å²) in [7, 11) is 0. The van der Waals surface area contributed by atoms with Crippen LogP contribution in [0.3, 0.4) is 0 Å². The zero-order chi connectivity index (χ0) is 13.5. The van der Waals surface area contributed by atoms with Gasteiger partial charge in [-0.3, -0.25) is 9.59 Å². The lowest BCUT2D eigenvalue weighted by atomic mass is 10.2. The highest BCUT2D eigenvalue weighted by atomic mass is 35.5. The summed E-state index contributed by atoms with van der Waals surface area (Å²) in [6.07, 6.45) is 0.170. The van der Waals surface area contributed by atoms with Crippen LogP contribution in [0.2, 0.25) is 0 Å². The minimum absolute atomic E-state index is 0. The summed E-state index contributed by atoms with van der Waals surface area (Å²) in [5, 5.41) is 2.65. The largest absolute Gasteiger partial charge is 0.493 e. The van der Waals surface area contributed by atoms with E-state index in [1.165, 1.54) is 0 Å². The van der Waals surface area contributed by atoms with Gasteiger partial charge in [-0.15, -0.1) is 12.4 Å². The first-order valence-corrected chi connectivity index (χ1v) is 5.56. The van der Waals surface area contributed by atoms with E-state index in [0.717, 1.165) is 0 Å². The molecule has 7 heteroatoms. The lowest BCUT2D eigenvalue weighted by Gasteiger charge is -2.09. The van der Waals surface area contributed by atoms with Crippen molar-refractivity contribution in [1.29, 1.82) is 0 Å². The van der Waals surface area contributed by atoms with Crippen molar-refractivity contribution in [2.75, 3.05) is 11.9 Å². The number of benzene rings is 1. The summed E-state index contributed by atoms with van der Waals surface area (Å²) in [6, 6.07) is 6.21. The Morgan fingerprint density at radius 1 is 1.32 bits per heavy atom. The number of ether oxygens (including phenoxy) is 1. The molecule has 1 aromatic carbocycles. The Morgan fingerprint density at radius 3 is 2.37 bits per heavy atom. The summed E-state index contributed by atoms with van der Waals surface area (Å²) >= 11 is 0. The average Bonchev–Trinajstić information content (AvgIpc) is 2.30. The molecule has 106 valence electrons. The van der Waals surface area contributed by atoms with Crippen molar-refractivity contribution >= 4 is 29.9 Å². The highest BCUT2D eigenvalue weighted by Gasteiger charge is 2.07. The zero-order valence-corrected chi connectivity index (χ0v) is 11.4. The van der Waals surface area contributed by atoms with Gasteiger partial charge in [0.1, 0.15) is 5.75 Å². The molecule has 0 radical (unpaired) electrons. The minimum atomic E-state index is -0.559. The number of halogens is 1. The van der Waals surface area contributed by atoms with E-state index in [1.54, 1.807) is 31.2 Å². The number of rotatable bonds is 6. The van der Waals surface area contributed by atoms with Crippen LogP contribution in [0.1, 0.15) is 13.3 Å². The van der Waals surface area contributed by atoms with E-state index in [1.807, 2.05) is 0 Å². The third kappa shape index (κ3) is 6.64. The number of carbonyl (C=O) groups is 2. The van der Waals surface area contributed by atoms with Crippen molar-refractivity contribution in [1.82, 2.24) is 0 Å². The van der Waals surface area contributed by atoms with E-state index in [9.17, 15) is 9.59 Å². The standard InChI is InChI=1S/C12H17N3O3.ClH/c1-8(13)12(17)15-9-2-4-10(5-3-9)18-7-6-11(14)16;/h2-5,8H,6-7,13H2,1H3,(H2,14,16)(H,15,17);1H/t8-;/m1./s1. The van der Waals surface area contributed by atoms with E-state index in [0.29, 0.717) is 11.4 Å². The lowest BCUT2D eigenvalue weighted by molar-refractivity contribution is -0.118. The molecule has 0 saturated heterocycles. The molecular weight excluding hydrogens is 270 g/mol. The molecule has 0 saturated carbocycles. The van der Waals surface area contributed by atoms with Gasteiger partial charge < -0.3 is 21.5 Å². The summed E-state index contributed by atoms with van der Waals surface area (Å²) in [4.78, 5) is 21.8. The van der Waals surface area contributed by atoms with E-state index in [-0.39, 0.29) is 31.3 Å². The second kappa shape index (κ2) is 8.34. The van der Waals surface area contributed by atoms with Gasteiger partial charge in [-0.1, -0.05) is 0 Å². The number of hydrogen-bond acceptors (Lipinski definition) is 4. The predicted molar refractivity (Wildman–Crippen MR) is 75.3 cm³/mol. The molecule has 5 N–H and O–H groups in total. The molecule has 1 aromatic rings. The van der Waals surface area contributed by atoms with Gasteiger partial charge >= 0.3 is 0 Å². The van der Waals surface area contributed by atoms with Gasteiger partial charge in [-0.25, -0.2) is 0 Å². The lowest BCUT2D eigenvalue weighted by Crippen LogP contribution is -2.32. The number of anilines is 1. The topological polar surface area (TPSA) is 107 Å². The Hall–Kier alpha value is -1.79. The van der Waals surface area contributed by atoms with Crippen LogP contribution in [-0.4, -0.2) is 24.5 Å². The van der Waals surface area contributed by atoms with Crippen LogP contribution in [0.25, 0.3) is 0 Å². The maximum atomic E-state index is 11.3. The fraction of sp³-hybridized carbons (Fsp3) is 0.333. The predicted octanol–water partition coefficient (Wildman–Crippen LogP) is 0.648. The van der Waals surface area contributed by atoms with Gasteiger partial charge in [0, 0.05) is 5.69 Å². The van der Waals surface area contributed by atoms with Gasteiger partial charge in [0.15, 0.2) is 0 Å². The van der Waals surface area contributed by atoms with Crippen LogP contribution in [0.4, 0.5) is 5.69 Å². The highest BCUT2D eigenvalue weighted by Crippen LogP contribution is 2.15. The number of amides is 2. The van der Waals surface area contributed by atoms with E-state index in [2.05, 4.69) is 5.32 Å². The number of primary amides is 1. The molecule has 1 atom stereocenters. The Bertz CT molecular complexity index is 421. The monoisotopic (exact) mass is 287 g/mol. The van der Waals surface area contributed by atoms with Crippen LogP contribution < -0.4 is 21.5 Å². The first-order chi connectivity index (χ1) is 8.49. The molecule has 0 unspecified atom stereocenters. The van der Waals surface area contributed by atoms with E-state index < -0.39 is 11.9 Å². The SMILES string of the molecule is C[C@@H](N)C(=O)Nc1ccc(OCCC(N)=O)cc1.Cl. The summed E-state index contributed by atoms with van der Waals surface area (Å²) in [6.45, 7) is 1.84. The number of hydrogen-bond donors (Lipinski definition) is 3. The van der Waals surface area contributed by atoms with E-state index in [4.69, 9.17) is 16.2 Å². The average molecular weight is 288 g/mol. The molecule has 0 aliphatic carbocycles. The molecule has 19 heavy (non-hydrogen) atoms. The second-order valence-corrected chi connectivity index (χ2v) is 3.87. The molecule has 0 spiro atoms. The van der Waals surface area contributed by atoms with Gasteiger partial charge in [0.2, 0.25) is 11.8 Å². The molecule has 6 nitrogen and oxygen atoms in total. The molecule has 0 aliphatic rings. The first-order valence-electron chi connectivity index (χ1n) is 5.56. The van der Waals surface area contributed by atoms with Gasteiger partial charge in [-0.05, 0) is 31.2 Å². The highest BCUT2D eigenvalue weighted by molar-refractivity contribution is 5.94. The molecule has 0 heterocycles. The summed E-state index contributed by atoms with van der Waals surface area (Å²) in [5.41, 5.74) is 11.1. The van der Waals surface area contributed by atoms with Crippen LogP contribution in [0, 0.1) is 0 Å². The molecule has 0 aromatic heterocycles. The van der Waals surface area contributed by atoms with Crippen LogP contribution in [-0.2, 0) is 9.59 Å². The summed E-state index contributed by atoms with van der Waals surface area (Å²) in [5.74, 6) is -0.0525. The smallest absolute Gasteiger partial charge is 0.240 e. The van der Waals surface area contributed by atoms with Crippen LogP contribution >= 0.6 is 12.4 Å².